The molecule has 0 aliphatic rings. The highest BCUT2D eigenvalue weighted by Crippen LogP contribution is 2.27. The molecular weight excluding hydrogens is 371 g/mol. The number of hydrazine groups is 2. The molecule has 0 aromatic heterocycles. The Bertz CT molecular complexity index is 982. The molecule has 0 saturated carbocycles. The van der Waals surface area contributed by atoms with Crippen LogP contribution in [0.1, 0.15) is 37.4 Å². The van der Waals surface area contributed by atoms with Crippen LogP contribution in [0, 0.1) is 5.82 Å². The number of rotatable bonds is 5. The Kier molecular flexibility index (Phi) is 6.13. The zero-order chi connectivity index (χ0) is 20.8. The van der Waals surface area contributed by atoms with Crippen LogP contribution in [-0.4, -0.2) is 11.8 Å². The first-order valence-electron chi connectivity index (χ1n) is 8.72. The highest BCUT2D eigenvalue weighted by atomic mass is 19.1. The summed E-state index contributed by atoms with van der Waals surface area (Å²) in [5.41, 5.74) is 8.33. The van der Waals surface area contributed by atoms with E-state index in [4.69, 9.17) is 11.7 Å². The van der Waals surface area contributed by atoms with Crippen LogP contribution in [0.25, 0.3) is 11.6 Å². The molecule has 0 heterocycles. The summed E-state index contributed by atoms with van der Waals surface area (Å²) in [6.45, 7) is 0. The van der Waals surface area contributed by atoms with Crippen molar-refractivity contribution >= 4 is 23.5 Å². The first kappa shape index (κ1) is 19.9. The summed E-state index contributed by atoms with van der Waals surface area (Å²) in [6.07, 6.45) is 1.90. The number of hydrogen-bond donors (Lipinski definition) is 4. The number of hydrogen-bond acceptors (Lipinski definition) is 4. The number of nitrogen functional groups attached to an aromatic ring is 2. The molecule has 0 bridgehead atoms. The second-order valence-electron chi connectivity index (χ2n) is 6.21. The average Bonchev–Trinajstić information content (AvgIpc) is 2.78. The van der Waals surface area contributed by atoms with Crippen LogP contribution in [0.2, 0.25) is 0 Å². The quantitative estimate of drug-likeness (QED) is 0.232. The summed E-state index contributed by atoms with van der Waals surface area (Å²) < 4.78 is 13.3. The van der Waals surface area contributed by atoms with E-state index < -0.39 is 11.8 Å². The smallest absolute Gasteiger partial charge is 0.265 e. The maximum Gasteiger partial charge on any atom is 0.265 e. The molecule has 6 nitrogen and oxygen atoms in total. The maximum absolute atomic E-state index is 13.3. The third-order valence-corrected chi connectivity index (χ3v) is 4.36. The topological polar surface area (TPSA) is 110 Å². The maximum atomic E-state index is 13.3. The minimum atomic E-state index is -0.391. The molecule has 2 amide bonds. The Labute approximate surface area is 167 Å². The molecule has 0 saturated heterocycles. The molecule has 146 valence electrons. The summed E-state index contributed by atoms with van der Waals surface area (Å²) in [7, 11) is 0. The van der Waals surface area contributed by atoms with Gasteiger partial charge in [-0.15, -0.1) is 0 Å². The van der Waals surface area contributed by atoms with Gasteiger partial charge in [-0.1, -0.05) is 36.4 Å². The fourth-order valence-electron chi connectivity index (χ4n) is 2.83. The van der Waals surface area contributed by atoms with Gasteiger partial charge in [0.05, 0.1) is 0 Å². The zero-order valence-corrected chi connectivity index (χ0v) is 15.4. The number of benzene rings is 3. The third-order valence-electron chi connectivity index (χ3n) is 4.36. The van der Waals surface area contributed by atoms with Gasteiger partial charge in [0.15, 0.2) is 0 Å². The van der Waals surface area contributed by atoms with E-state index in [-0.39, 0.29) is 5.82 Å². The van der Waals surface area contributed by atoms with Crippen LogP contribution in [0.5, 0.6) is 0 Å². The fraction of sp³-hybridized carbons (Fsp3) is 0. The van der Waals surface area contributed by atoms with Crippen LogP contribution in [-0.2, 0) is 0 Å². The van der Waals surface area contributed by atoms with E-state index in [0.29, 0.717) is 11.1 Å². The summed E-state index contributed by atoms with van der Waals surface area (Å²) in [5, 5.41) is 0. The predicted molar refractivity (Wildman–Crippen MR) is 110 cm³/mol. The number of amides is 2. The number of nitrogens with two attached hydrogens (primary N) is 2. The zero-order valence-electron chi connectivity index (χ0n) is 15.4. The largest absolute Gasteiger partial charge is 0.290 e. The van der Waals surface area contributed by atoms with Crippen LogP contribution in [0.3, 0.4) is 0 Å². The van der Waals surface area contributed by atoms with Crippen LogP contribution in [0.15, 0.2) is 72.8 Å². The minimum absolute atomic E-state index is 0.321. The van der Waals surface area contributed by atoms with Gasteiger partial charge in [-0.25, -0.2) is 16.1 Å². The molecular formula is C22H19FN4O2. The molecule has 0 aliphatic heterocycles. The highest BCUT2D eigenvalue weighted by molar-refractivity contribution is 5.97. The molecule has 0 radical (unpaired) electrons. The predicted octanol–water partition coefficient (Wildman–Crippen LogP) is 2.62. The molecule has 0 unspecified atom stereocenters. The average molecular weight is 390 g/mol. The fourth-order valence-corrected chi connectivity index (χ4v) is 2.83. The lowest BCUT2D eigenvalue weighted by atomic mass is 9.94. The van der Waals surface area contributed by atoms with E-state index in [1.165, 1.54) is 12.1 Å². The van der Waals surface area contributed by atoms with Crippen molar-refractivity contribution in [2.45, 2.75) is 0 Å². The van der Waals surface area contributed by atoms with Crippen LogP contribution < -0.4 is 22.5 Å². The number of carbonyl (C=O) groups is 2. The molecule has 0 spiro atoms. The van der Waals surface area contributed by atoms with E-state index in [2.05, 4.69) is 10.9 Å². The Morgan fingerprint density at radius 1 is 0.655 bits per heavy atom. The lowest BCUT2D eigenvalue weighted by Crippen LogP contribution is -2.29. The Morgan fingerprint density at radius 2 is 1.03 bits per heavy atom. The number of halogens is 1. The van der Waals surface area contributed by atoms with E-state index in [1.54, 1.807) is 60.7 Å². The van der Waals surface area contributed by atoms with Gasteiger partial charge < -0.3 is 0 Å². The lowest BCUT2D eigenvalue weighted by molar-refractivity contribution is 0.0945. The van der Waals surface area contributed by atoms with Crippen molar-refractivity contribution in [1.82, 2.24) is 10.9 Å². The number of nitrogens with one attached hydrogen (secondary N) is 2. The van der Waals surface area contributed by atoms with Crippen LogP contribution >= 0.6 is 0 Å². The molecule has 0 atom stereocenters. The van der Waals surface area contributed by atoms with Crippen molar-refractivity contribution in [3.8, 4) is 0 Å². The third kappa shape index (κ3) is 4.73. The Balaban J connectivity index is 2.05. The molecule has 6 N–H and O–H groups in total. The molecule has 7 heteroatoms. The van der Waals surface area contributed by atoms with Crippen molar-refractivity contribution in [1.29, 1.82) is 0 Å². The van der Waals surface area contributed by atoms with Crippen molar-refractivity contribution in [3.63, 3.8) is 0 Å². The van der Waals surface area contributed by atoms with Gasteiger partial charge in [0, 0.05) is 11.1 Å². The first-order valence-corrected chi connectivity index (χ1v) is 8.72. The second-order valence-corrected chi connectivity index (χ2v) is 6.21. The van der Waals surface area contributed by atoms with Crippen molar-refractivity contribution in [3.05, 3.63) is 106 Å². The summed E-state index contributed by atoms with van der Waals surface area (Å²) in [6, 6.07) is 19.9. The van der Waals surface area contributed by atoms with Crippen molar-refractivity contribution < 1.29 is 14.0 Å². The van der Waals surface area contributed by atoms with Crippen LogP contribution in [0.4, 0.5) is 4.39 Å². The van der Waals surface area contributed by atoms with E-state index in [9.17, 15) is 14.0 Å². The van der Waals surface area contributed by atoms with E-state index in [1.807, 2.05) is 6.08 Å². The summed E-state index contributed by atoms with van der Waals surface area (Å²) in [4.78, 5) is 23.4. The van der Waals surface area contributed by atoms with Crippen molar-refractivity contribution in [2.24, 2.45) is 11.7 Å². The molecule has 3 rings (SSSR count). The second kappa shape index (κ2) is 8.92. The minimum Gasteiger partial charge on any atom is -0.290 e. The monoisotopic (exact) mass is 390 g/mol. The normalized spacial score (nSPS) is 10.2. The van der Waals surface area contributed by atoms with Crippen molar-refractivity contribution in [2.75, 3.05) is 0 Å². The van der Waals surface area contributed by atoms with E-state index in [0.717, 1.165) is 22.3 Å². The molecule has 29 heavy (non-hydrogen) atoms. The first-order chi connectivity index (χ1) is 14.0. The SMILES string of the molecule is NNC(=O)c1ccc(C(=Cc2ccc(F)cc2)c2ccc(C(=O)NN)cc2)cc1. The lowest BCUT2D eigenvalue weighted by Gasteiger charge is -2.11. The Morgan fingerprint density at radius 3 is 1.41 bits per heavy atom. The molecule has 0 aliphatic carbocycles. The Hall–Kier alpha value is -3.81. The van der Waals surface area contributed by atoms with Gasteiger partial charge in [0.2, 0.25) is 0 Å². The standard InChI is InChI=1S/C22H19FN4O2/c23-19-11-1-14(2-12-19)13-20(15-3-7-17(8-4-15)21(28)26-24)16-5-9-18(10-6-16)22(29)27-25/h1-13H,24-25H2,(H,26,28)(H,27,29). The van der Waals surface area contributed by atoms with Gasteiger partial charge in [-0.2, -0.15) is 0 Å². The molecule has 3 aromatic carbocycles. The van der Waals surface area contributed by atoms with E-state index >= 15 is 0 Å². The summed E-state index contributed by atoms with van der Waals surface area (Å²) in [5.74, 6) is 9.25. The molecule has 3 aromatic rings. The molecule has 0 fully saturated rings. The van der Waals surface area contributed by atoms with Gasteiger partial charge >= 0.3 is 0 Å². The van der Waals surface area contributed by atoms with Gasteiger partial charge in [0.25, 0.3) is 11.8 Å². The number of carbonyl (C=O) groups excluding carboxylic acids is 2. The highest BCUT2D eigenvalue weighted by Gasteiger charge is 2.10. The van der Waals surface area contributed by atoms with Gasteiger partial charge in [0.1, 0.15) is 5.82 Å². The van der Waals surface area contributed by atoms with Gasteiger partial charge in [-0.05, 0) is 64.7 Å². The van der Waals surface area contributed by atoms with Gasteiger partial charge in [-0.3, -0.25) is 20.4 Å². The summed E-state index contributed by atoms with van der Waals surface area (Å²) >= 11 is 0.